The standard InChI is InChI=1S/C13H24N2O2/c1-9(7-10-3-4-10)14-12(17)15-13(2,8-16)11-5-6-11/h9-11,16H,3-8H2,1-2H3,(H2,14,15,17)/t9-,13+/m0/s1. The number of hydrogen-bond acceptors (Lipinski definition) is 2. The number of carbonyl (C=O) groups is 1. The van der Waals surface area contributed by atoms with Crippen molar-refractivity contribution >= 4 is 6.03 Å². The highest BCUT2D eigenvalue weighted by Gasteiger charge is 2.42. The van der Waals surface area contributed by atoms with Gasteiger partial charge in [-0.2, -0.15) is 0 Å². The van der Waals surface area contributed by atoms with Gasteiger partial charge in [0, 0.05) is 6.04 Å². The van der Waals surface area contributed by atoms with Crippen LogP contribution in [0.1, 0.15) is 46.0 Å². The molecule has 2 aliphatic rings. The molecule has 3 N–H and O–H groups in total. The molecule has 0 heterocycles. The minimum Gasteiger partial charge on any atom is -0.394 e. The van der Waals surface area contributed by atoms with Gasteiger partial charge in [-0.3, -0.25) is 0 Å². The van der Waals surface area contributed by atoms with E-state index in [1.807, 2.05) is 13.8 Å². The van der Waals surface area contributed by atoms with Crippen LogP contribution in [0.25, 0.3) is 0 Å². The van der Waals surface area contributed by atoms with Gasteiger partial charge >= 0.3 is 6.03 Å². The van der Waals surface area contributed by atoms with E-state index in [9.17, 15) is 9.90 Å². The number of aliphatic hydroxyl groups is 1. The molecular weight excluding hydrogens is 216 g/mol. The summed E-state index contributed by atoms with van der Waals surface area (Å²) in [5.41, 5.74) is -0.441. The lowest BCUT2D eigenvalue weighted by molar-refractivity contribution is 0.154. The van der Waals surface area contributed by atoms with Crippen molar-refractivity contribution in [1.29, 1.82) is 0 Å². The molecule has 0 aromatic heterocycles. The Morgan fingerprint density at radius 3 is 2.53 bits per heavy atom. The lowest BCUT2D eigenvalue weighted by Gasteiger charge is -2.29. The third-order valence-electron chi connectivity index (χ3n) is 3.97. The van der Waals surface area contributed by atoms with Crippen LogP contribution < -0.4 is 10.6 Å². The summed E-state index contributed by atoms with van der Waals surface area (Å²) in [7, 11) is 0. The molecule has 0 saturated heterocycles. The molecule has 4 heteroatoms. The maximum atomic E-state index is 11.8. The van der Waals surface area contributed by atoms with E-state index >= 15 is 0 Å². The molecule has 0 bridgehead atoms. The third kappa shape index (κ3) is 3.60. The monoisotopic (exact) mass is 240 g/mol. The van der Waals surface area contributed by atoms with E-state index in [1.165, 1.54) is 12.8 Å². The first-order chi connectivity index (χ1) is 8.03. The average Bonchev–Trinajstić information content (AvgIpc) is 3.09. The van der Waals surface area contributed by atoms with E-state index in [1.54, 1.807) is 0 Å². The van der Waals surface area contributed by atoms with Gasteiger partial charge in [0.15, 0.2) is 0 Å². The minimum absolute atomic E-state index is 0.0160. The Morgan fingerprint density at radius 2 is 2.06 bits per heavy atom. The predicted molar refractivity (Wildman–Crippen MR) is 66.7 cm³/mol. The van der Waals surface area contributed by atoms with E-state index in [-0.39, 0.29) is 18.7 Å². The van der Waals surface area contributed by atoms with Crippen molar-refractivity contribution < 1.29 is 9.90 Å². The molecule has 2 aliphatic carbocycles. The van der Waals surface area contributed by atoms with Crippen molar-refractivity contribution in [3.63, 3.8) is 0 Å². The van der Waals surface area contributed by atoms with Gasteiger partial charge in [0.1, 0.15) is 0 Å². The molecule has 0 aromatic rings. The lowest BCUT2D eigenvalue weighted by Crippen LogP contribution is -2.55. The van der Waals surface area contributed by atoms with Crippen molar-refractivity contribution in [1.82, 2.24) is 10.6 Å². The zero-order valence-corrected chi connectivity index (χ0v) is 10.8. The fourth-order valence-electron chi connectivity index (χ4n) is 2.42. The van der Waals surface area contributed by atoms with Gasteiger partial charge in [-0.1, -0.05) is 12.8 Å². The van der Waals surface area contributed by atoms with E-state index in [2.05, 4.69) is 10.6 Å². The molecule has 0 aliphatic heterocycles. The largest absolute Gasteiger partial charge is 0.394 e. The molecule has 0 radical (unpaired) electrons. The highest BCUT2D eigenvalue weighted by molar-refractivity contribution is 5.75. The van der Waals surface area contributed by atoms with Crippen LogP contribution in [-0.2, 0) is 0 Å². The number of aliphatic hydroxyl groups excluding tert-OH is 1. The van der Waals surface area contributed by atoms with Gasteiger partial charge in [0.2, 0.25) is 0 Å². The van der Waals surface area contributed by atoms with Crippen molar-refractivity contribution in [3.05, 3.63) is 0 Å². The topological polar surface area (TPSA) is 61.4 Å². The SMILES string of the molecule is C[C@@H](CC1CC1)NC(=O)N[C@](C)(CO)C1CC1. The van der Waals surface area contributed by atoms with Gasteiger partial charge in [-0.15, -0.1) is 0 Å². The summed E-state index contributed by atoms with van der Waals surface area (Å²) in [6, 6.07) is 0.0891. The van der Waals surface area contributed by atoms with Crippen LogP contribution in [0, 0.1) is 11.8 Å². The van der Waals surface area contributed by atoms with Gasteiger partial charge in [-0.05, 0) is 44.9 Å². The van der Waals surface area contributed by atoms with Gasteiger partial charge in [-0.25, -0.2) is 4.79 Å². The molecule has 2 atom stereocenters. The molecule has 2 saturated carbocycles. The summed E-state index contributed by atoms with van der Waals surface area (Å²) in [6.45, 7) is 3.99. The lowest BCUT2D eigenvalue weighted by atomic mass is 9.97. The number of rotatable bonds is 6. The van der Waals surface area contributed by atoms with Crippen molar-refractivity contribution in [2.24, 2.45) is 11.8 Å². The van der Waals surface area contributed by atoms with Gasteiger partial charge in [0.25, 0.3) is 0 Å². The zero-order valence-electron chi connectivity index (χ0n) is 10.8. The van der Waals surface area contributed by atoms with Gasteiger partial charge in [0.05, 0.1) is 12.1 Å². The normalized spacial score (nSPS) is 24.9. The molecule has 0 spiro atoms. The number of carbonyl (C=O) groups excluding carboxylic acids is 1. The Bertz CT molecular complexity index is 287. The second-order valence-electron chi connectivity index (χ2n) is 6.03. The first kappa shape index (κ1) is 12.7. The highest BCUT2D eigenvalue weighted by Crippen LogP contribution is 2.39. The summed E-state index contributed by atoms with van der Waals surface area (Å²) >= 11 is 0. The molecule has 2 fully saturated rings. The molecule has 2 amide bonds. The smallest absolute Gasteiger partial charge is 0.315 e. The molecule has 2 rings (SSSR count). The number of nitrogens with one attached hydrogen (secondary N) is 2. The van der Waals surface area contributed by atoms with Crippen LogP contribution in [0.5, 0.6) is 0 Å². The maximum Gasteiger partial charge on any atom is 0.315 e. The van der Waals surface area contributed by atoms with Crippen molar-refractivity contribution in [2.75, 3.05) is 6.61 Å². The Morgan fingerprint density at radius 1 is 1.41 bits per heavy atom. The number of amides is 2. The van der Waals surface area contributed by atoms with Crippen LogP contribution in [0.15, 0.2) is 0 Å². The summed E-state index contributed by atoms with van der Waals surface area (Å²) < 4.78 is 0. The number of hydrogen-bond donors (Lipinski definition) is 3. The molecule has 98 valence electrons. The number of urea groups is 1. The van der Waals surface area contributed by atoms with Crippen molar-refractivity contribution in [2.45, 2.75) is 57.5 Å². The summed E-state index contributed by atoms with van der Waals surface area (Å²) in [5, 5.41) is 15.3. The van der Waals surface area contributed by atoms with Crippen LogP contribution >= 0.6 is 0 Å². The highest BCUT2D eigenvalue weighted by atomic mass is 16.3. The average molecular weight is 240 g/mol. The fraction of sp³-hybridized carbons (Fsp3) is 0.923. The Hall–Kier alpha value is -0.770. The Balaban J connectivity index is 1.74. The van der Waals surface area contributed by atoms with Gasteiger partial charge < -0.3 is 15.7 Å². The maximum absolute atomic E-state index is 11.8. The molecule has 4 nitrogen and oxygen atoms in total. The van der Waals surface area contributed by atoms with Crippen LogP contribution in [0.4, 0.5) is 4.79 Å². The molecular formula is C13H24N2O2. The second kappa shape index (κ2) is 4.84. The van der Waals surface area contributed by atoms with E-state index in [0.717, 1.165) is 25.2 Å². The van der Waals surface area contributed by atoms with Crippen LogP contribution in [0.3, 0.4) is 0 Å². The third-order valence-corrected chi connectivity index (χ3v) is 3.97. The Labute approximate surface area is 103 Å². The predicted octanol–water partition coefficient (Wildman–Crippen LogP) is 1.64. The first-order valence-electron chi connectivity index (χ1n) is 6.73. The van der Waals surface area contributed by atoms with Crippen LogP contribution in [0.2, 0.25) is 0 Å². The quantitative estimate of drug-likeness (QED) is 0.661. The van der Waals surface area contributed by atoms with E-state index in [0.29, 0.717) is 5.92 Å². The van der Waals surface area contributed by atoms with E-state index < -0.39 is 5.54 Å². The fourth-order valence-corrected chi connectivity index (χ4v) is 2.42. The van der Waals surface area contributed by atoms with Crippen LogP contribution in [-0.4, -0.2) is 29.3 Å². The second-order valence-corrected chi connectivity index (χ2v) is 6.03. The minimum atomic E-state index is -0.441. The molecule has 0 aromatic carbocycles. The van der Waals surface area contributed by atoms with Crippen molar-refractivity contribution in [3.8, 4) is 0 Å². The Kier molecular flexibility index (Phi) is 3.61. The van der Waals surface area contributed by atoms with E-state index in [4.69, 9.17) is 0 Å². The zero-order chi connectivity index (χ0) is 12.5. The molecule has 0 unspecified atom stereocenters. The first-order valence-corrected chi connectivity index (χ1v) is 6.73. The molecule has 17 heavy (non-hydrogen) atoms. The summed E-state index contributed by atoms with van der Waals surface area (Å²) in [5.74, 6) is 1.26. The summed E-state index contributed by atoms with van der Waals surface area (Å²) in [6.07, 6.45) is 5.91. The summed E-state index contributed by atoms with van der Waals surface area (Å²) in [4.78, 5) is 11.8.